The molecule has 3 aromatic rings. The summed E-state index contributed by atoms with van der Waals surface area (Å²) in [7, 11) is 0. The van der Waals surface area contributed by atoms with Gasteiger partial charge in [0.25, 0.3) is 11.8 Å². The fraction of sp³-hybridized carbons (Fsp3) is 0.250. The van der Waals surface area contributed by atoms with Gasteiger partial charge >= 0.3 is 6.09 Å². The van der Waals surface area contributed by atoms with E-state index in [0.29, 0.717) is 37.6 Å². The maximum Gasteiger partial charge on any atom is 0.412 e. The molecule has 5 rings (SSSR count). The van der Waals surface area contributed by atoms with Gasteiger partial charge in [0.15, 0.2) is 5.69 Å². The number of hydrogen-bond donors (Lipinski definition) is 0. The van der Waals surface area contributed by atoms with Gasteiger partial charge in [0.05, 0.1) is 0 Å². The molecule has 0 aliphatic carbocycles. The molecule has 10 heteroatoms. The van der Waals surface area contributed by atoms with Crippen LogP contribution in [0.5, 0.6) is 0 Å². The first kappa shape index (κ1) is 21.5. The summed E-state index contributed by atoms with van der Waals surface area (Å²) in [5, 5.41) is 0. The number of amides is 3. The van der Waals surface area contributed by atoms with Crippen LogP contribution in [0.4, 0.5) is 10.6 Å². The third-order valence-corrected chi connectivity index (χ3v) is 5.82. The van der Waals surface area contributed by atoms with Gasteiger partial charge in [-0.05, 0) is 30.7 Å². The second kappa shape index (κ2) is 8.89. The van der Waals surface area contributed by atoms with Crippen LogP contribution in [0, 0.1) is 6.92 Å². The molecule has 0 bridgehead atoms. The van der Waals surface area contributed by atoms with E-state index in [1.807, 2.05) is 31.2 Å². The van der Waals surface area contributed by atoms with Crippen molar-refractivity contribution >= 4 is 23.7 Å². The number of piperazine rings is 1. The van der Waals surface area contributed by atoms with Crippen LogP contribution in [0.1, 0.15) is 38.3 Å². The Labute approximate surface area is 195 Å². The largest absolute Gasteiger partial charge is 0.419 e. The maximum atomic E-state index is 13.0. The zero-order valence-corrected chi connectivity index (χ0v) is 18.5. The van der Waals surface area contributed by atoms with Crippen LogP contribution in [0.2, 0.25) is 0 Å². The Morgan fingerprint density at radius 3 is 2.32 bits per heavy atom. The number of pyridine rings is 1. The molecule has 1 saturated heterocycles. The number of nitrogens with zero attached hydrogens (tertiary/aromatic N) is 6. The molecule has 0 N–H and O–H groups in total. The highest BCUT2D eigenvalue weighted by molar-refractivity contribution is 6.08. The molecule has 34 heavy (non-hydrogen) atoms. The van der Waals surface area contributed by atoms with E-state index in [1.54, 1.807) is 29.3 Å². The van der Waals surface area contributed by atoms with Crippen LogP contribution in [-0.4, -0.2) is 68.8 Å². The Kier molecular flexibility index (Phi) is 5.62. The van der Waals surface area contributed by atoms with Gasteiger partial charge in [-0.1, -0.05) is 24.3 Å². The SMILES string of the molecule is Cc1ccc(N2C(=O)c3nccnc3C2OC(=O)N2CCN(C(=O)c3ccccc3)CC2)nc1. The third kappa shape index (κ3) is 3.94. The average molecular weight is 458 g/mol. The Bertz CT molecular complexity index is 1230. The van der Waals surface area contributed by atoms with E-state index in [9.17, 15) is 14.4 Å². The van der Waals surface area contributed by atoms with Crippen molar-refractivity contribution in [3.05, 3.63) is 83.6 Å². The van der Waals surface area contributed by atoms with Gasteiger partial charge in [0.1, 0.15) is 11.5 Å². The number of ether oxygens (including phenoxy) is 1. The minimum atomic E-state index is -1.08. The molecule has 0 radical (unpaired) electrons. The molecular weight excluding hydrogens is 436 g/mol. The number of hydrogen-bond acceptors (Lipinski definition) is 7. The molecule has 1 aromatic carbocycles. The molecule has 10 nitrogen and oxygen atoms in total. The van der Waals surface area contributed by atoms with Gasteiger partial charge in [-0.25, -0.2) is 19.7 Å². The third-order valence-electron chi connectivity index (χ3n) is 5.82. The van der Waals surface area contributed by atoms with Crippen LogP contribution in [0.25, 0.3) is 0 Å². The molecule has 0 saturated carbocycles. The van der Waals surface area contributed by atoms with Crippen molar-refractivity contribution in [3.8, 4) is 0 Å². The number of aryl methyl sites for hydroxylation is 1. The normalized spacial score (nSPS) is 17.5. The van der Waals surface area contributed by atoms with E-state index >= 15 is 0 Å². The monoisotopic (exact) mass is 458 g/mol. The van der Waals surface area contributed by atoms with E-state index in [0.717, 1.165) is 5.56 Å². The summed E-state index contributed by atoms with van der Waals surface area (Å²) in [4.78, 5) is 56.0. The zero-order chi connectivity index (χ0) is 23.7. The predicted molar refractivity (Wildman–Crippen MR) is 121 cm³/mol. The van der Waals surface area contributed by atoms with Crippen molar-refractivity contribution in [3.63, 3.8) is 0 Å². The van der Waals surface area contributed by atoms with E-state index < -0.39 is 18.2 Å². The number of carbonyl (C=O) groups excluding carboxylic acids is 3. The first-order valence-corrected chi connectivity index (χ1v) is 10.9. The van der Waals surface area contributed by atoms with Gasteiger partial charge in [0, 0.05) is 50.3 Å². The Morgan fingerprint density at radius 1 is 0.912 bits per heavy atom. The number of benzene rings is 1. The molecule has 1 fully saturated rings. The molecular formula is C24H22N6O4. The number of rotatable bonds is 3. The first-order valence-electron chi connectivity index (χ1n) is 10.9. The molecule has 1 unspecified atom stereocenters. The molecule has 3 amide bonds. The smallest absolute Gasteiger partial charge is 0.412 e. The molecule has 4 heterocycles. The number of anilines is 1. The quantitative estimate of drug-likeness (QED) is 0.593. The highest BCUT2D eigenvalue weighted by Gasteiger charge is 2.44. The average Bonchev–Trinajstić information content (AvgIpc) is 3.16. The molecule has 1 atom stereocenters. The van der Waals surface area contributed by atoms with Crippen molar-refractivity contribution < 1.29 is 19.1 Å². The summed E-state index contributed by atoms with van der Waals surface area (Å²) in [6.07, 6.45) is 2.83. The second-order valence-corrected chi connectivity index (χ2v) is 8.04. The fourth-order valence-corrected chi connectivity index (χ4v) is 4.00. The summed E-state index contributed by atoms with van der Waals surface area (Å²) in [6, 6.07) is 12.5. The molecule has 0 spiro atoms. The lowest BCUT2D eigenvalue weighted by Crippen LogP contribution is -2.51. The number of fused-ring (bicyclic) bond motifs is 1. The fourth-order valence-electron chi connectivity index (χ4n) is 4.00. The predicted octanol–water partition coefficient (Wildman–Crippen LogP) is 2.43. The van der Waals surface area contributed by atoms with E-state index in [2.05, 4.69) is 15.0 Å². The Balaban J connectivity index is 1.30. The van der Waals surface area contributed by atoms with Crippen LogP contribution < -0.4 is 4.90 Å². The lowest BCUT2D eigenvalue weighted by molar-refractivity contribution is 0.0397. The van der Waals surface area contributed by atoms with E-state index in [4.69, 9.17) is 4.74 Å². The van der Waals surface area contributed by atoms with Gasteiger partial charge in [-0.15, -0.1) is 0 Å². The number of aromatic nitrogens is 3. The van der Waals surface area contributed by atoms with E-state index in [1.165, 1.54) is 22.2 Å². The zero-order valence-electron chi connectivity index (χ0n) is 18.5. The maximum absolute atomic E-state index is 13.0. The standard InChI is InChI=1S/C24H22N6O4/c1-16-7-8-18(27-15-16)30-22(32)19-20(26-10-9-25-19)23(30)34-24(33)29-13-11-28(12-14-29)21(31)17-5-3-2-4-6-17/h2-10,15,23H,11-14H2,1H3. The topological polar surface area (TPSA) is 109 Å². The van der Waals surface area contributed by atoms with Crippen molar-refractivity contribution in [1.29, 1.82) is 0 Å². The minimum Gasteiger partial charge on any atom is -0.419 e. The van der Waals surface area contributed by atoms with Gasteiger partial charge in [-0.2, -0.15) is 0 Å². The lowest BCUT2D eigenvalue weighted by atomic mass is 10.2. The summed E-state index contributed by atoms with van der Waals surface area (Å²) in [5.74, 6) is -0.169. The van der Waals surface area contributed by atoms with Crippen molar-refractivity contribution in [1.82, 2.24) is 24.8 Å². The Hall–Kier alpha value is -4.34. The highest BCUT2D eigenvalue weighted by atomic mass is 16.6. The first-order chi connectivity index (χ1) is 16.5. The molecule has 2 aliphatic heterocycles. The van der Waals surface area contributed by atoms with Crippen molar-refractivity contribution in [2.75, 3.05) is 31.1 Å². The van der Waals surface area contributed by atoms with Crippen LogP contribution in [-0.2, 0) is 4.74 Å². The van der Waals surface area contributed by atoms with Crippen molar-refractivity contribution in [2.24, 2.45) is 0 Å². The Morgan fingerprint density at radius 2 is 1.62 bits per heavy atom. The second-order valence-electron chi connectivity index (χ2n) is 8.04. The summed E-state index contributed by atoms with van der Waals surface area (Å²) in [6.45, 7) is 3.28. The highest BCUT2D eigenvalue weighted by Crippen LogP contribution is 2.35. The van der Waals surface area contributed by atoms with E-state index in [-0.39, 0.29) is 17.3 Å². The molecule has 2 aromatic heterocycles. The summed E-state index contributed by atoms with van der Waals surface area (Å²) in [5.41, 5.74) is 1.93. The van der Waals surface area contributed by atoms with Crippen LogP contribution in [0.15, 0.2) is 61.1 Å². The van der Waals surface area contributed by atoms with Crippen molar-refractivity contribution in [2.45, 2.75) is 13.2 Å². The van der Waals surface area contributed by atoms with Crippen LogP contribution in [0.3, 0.4) is 0 Å². The number of carbonyl (C=O) groups is 3. The molecule has 2 aliphatic rings. The summed E-state index contributed by atoms with van der Waals surface area (Å²) >= 11 is 0. The lowest BCUT2D eigenvalue weighted by Gasteiger charge is -2.35. The van der Waals surface area contributed by atoms with Gasteiger partial charge in [-0.3, -0.25) is 14.6 Å². The van der Waals surface area contributed by atoms with Gasteiger partial charge < -0.3 is 14.5 Å². The van der Waals surface area contributed by atoms with Gasteiger partial charge in [0.2, 0.25) is 6.23 Å². The molecule has 172 valence electrons. The minimum absolute atomic E-state index is 0.0733. The summed E-state index contributed by atoms with van der Waals surface area (Å²) < 4.78 is 5.77. The van der Waals surface area contributed by atoms with Crippen LogP contribution >= 0.6 is 0 Å².